The van der Waals surface area contributed by atoms with E-state index in [1.54, 1.807) is 33.8 Å². The van der Waals surface area contributed by atoms with Crippen LogP contribution in [0.2, 0.25) is 0 Å². The van der Waals surface area contributed by atoms with Crippen molar-refractivity contribution >= 4 is 41.2 Å². The number of rotatable bonds is 20. The molecular formula is C36H54N4O8. The summed E-state index contributed by atoms with van der Waals surface area (Å²) in [4.78, 5) is 75.7. The van der Waals surface area contributed by atoms with Crippen LogP contribution in [-0.2, 0) is 51.3 Å². The van der Waals surface area contributed by atoms with E-state index >= 15 is 0 Å². The zero-order valence-electron chi connectivity index (χ0n) is 29.6. The van der Waals surface area contributed by atoms with Gasteiger partial charge in [-0.15, -0.1) is 0 Å². The summed E-state index contributed by atoms with van der Waals surface area (Å²) < 4.78 is 11.2. The van der Waals surface area contributed by atoms with Crippen molar-refractivity contribution in [2.24, 2.45) is 11.3 Å². The molecule has 48 heavy (non-hydrogen) atoms. The number of benzene rings is 1. The summed E-state index contributed by atoms with van der Waals surface area (Å²) in [6, 6.07) is 3.68. The minimum Gasteiger partial charge on any atom is -0.460 e. The fraction of sp³-hybridized carbons (Fsp3) is 0.611. The highest BCUT2D eigenvalue weighted by molar-refractivity contribution is 6.12. The largest absolute Gasteiger partial charge is 0.460 e. The van der Waals surface area contributed by atoms with E-state index in [1.807, 2.05) is 32.9 Å². The Morgan fingerprint density at radius 3 is 2.17 bits per heavy atom. The molecule has 266 valence electrons. The van der Waals surface area contributed by atoms with Crippen LogP contribution >= 0.6 is 0 Å². The number of unbranched alkanes of at least 4 members (excludes halogenated alkanes) is 2. The summed E-state index contributed by atoms with van der Waals surface area (Å²) >= 11 is 0. The lowest BCUT2D eigenvalue weighted by Crippen LogP contribution is -2.53. The smallest absolute Gasteiger partial charge is 0.311 e. The molecule has 5 amide bonds. The monoisotopic (exact) mass is 670 g/mol. The van der Waals surface area contributed by atoms with E-state index in [0.29, 0.717) is 51.1 Å². The molecule has 0 fully saturated rings. The third-order valence-electron chi connectivity index (χ3n) is 7.73. The SMILES string of the molecule is CCCOCCCc1cc(NC(=O)[C@H](C)NC(=O)[C@@H](NC(=O)CCCCCN2C(=O)C=CC2=O)C(C)C)ccc1COC(=O)C(C)(C)C. The number of amides is 5. The minimum absolute atomic E-state index is 0.114. The molecule has 12 heteroatoms. The number of nitrogens with one attached hydrogen (secondary N) is 3. The van der Waals surface area contributed by atoms with Crippen LogP contribution in [0.4, 0.5) is 5.69 Å². The molecule has 1 aliphatic heterocycles. The summed E-state index contributed by atoms with van der Waals surface area (Å²) in [5, 5.41) is 8.35. The van der Waals surface area contributed by atoms with Crippen molar-refractivity contribution in [1.29, 1.82) is 0 Å². The van der Waals surface area contributed by atoms with Gasteiger partial charge in [-0.3, -0.25) is 33.7 Å². The Hall–Kier alpha value is -4.06. The van der Waals surface area contributed by atoms with Crippen molar-refractivity contribution in [3.05, 3.63) is 41.5 Å². The van der Waals surface area contributed by atoms with Crippen LogP contribution in [0.15, 0.2) is 30.4 Å². The molecule has 0 radical (unpaired) electrons. The van der Waals surface area contributed by atoms with Crippen LogP contribution in [0.3, 0.4) is 0 Å². The number of carbonyl (C=O) groups excluding carboxylic acids is 6. The van der Waals surface area contributed by atoms with E-state index in [-0.39, 0.29) is 42.6 Å². The molecule has 3 N–H and O–H groups in total. The molecule has 1 aromatic rings. The second-order valence-electron chi connectivity index (χ2n) is 13.5. The van der Waals surface area contributed by atoms with Gasteiger partial charge in [0.15, 0.2) is 0 Å². The van der Waals surface area contributed by atoms with Gasteiger partial charge in [-0.1, -0.05) is 33.3 Å². The molecule has 12 nitrogen and oxygen atoms in total. The number of esters is 1. The highest BCUT2D eigenvalue weighted by Crippen LogP contribution is 2.22. The summed E-state index contributed by atoms with van der Waals surface area (Å²) in [5.74, 6) is -2.37. The van der Waals surface area contributed by atoms with Gasteiger partial charge >= 0.3 is 5.97 Å². The molecular weight excluding hydrogens is 616 g/mol. The molecule has 0 aromatic heterocycles. The Balaban J connectivity index is 1.92. The lowest BCUT2D eigenvalue weighted by atomic mass is 9.97. The molecule has 1 heterocycles. The molecule has 0 saturated heterocycles. The molecule has 2 rings (SSSR count). The number of nitrogens with zero attached hydrogens (tertiary/aromatic N) is 1. The van der Waals surface area contributed by atoms with Gasteiger partial charge in [0, 0.05) is 44.0 Å². The maximum Gasteiger partial charge on any atom is 0.311 e. The third kappa shape index (κ3) is 13.6. The number of hydrogen-bond acceptors (Lipinski definition) is 8. The second kappa shape index (κ2) is 19.7. The van der Waals surface area contributed by atoms with Crippen molar-refractivity contribution in [3.8, 4) is 0 Å². The van der Waals surface area contributed by atoms with Crippen LogP contribution in [0.25, 0.3) is 0 Å². The molecule has 0 unspecified atom stereocenters. The van der Waals surface area contributed by atoms with Crippen LogP contribution in [-0.4, -0.2) is 72.2 Å². The van der Waals surface area contributed by atoms with Crippen LogP contribution in [0.1, 0.15) is 98.1 Å². The summed E-state index contributed by atoms with van der Waals surface area (Å²) in [6.45, 7) is 14.3. The number of aryl methyl sites for hydroxylation is 1. The molecule has 0 bridgehead atoms. The van der Waals surface area contributed by atoms with Gasteiger partial charge in [-0.05, 0) is 89.0 Å². The fourth-order valence-electron chi connectivity index (χ4n) is 4.83. The van der Waals surface area contributed by atoms with Crippen molar-refractivity contribution in [3.63, 3.8) is 0 Å². The minimum atomic E-state index is -0.889. The number of hydrogen-bond donors (Lipinski definition) is 3. The Labute approximate surface area is 284 Å². The summed E-state index contributed by atoms with van der Waals surface area (Å²) in [5.41, 5.74) is 1.68. The fourth-order valence-corrected chi connectivity index (χ4v) is 4.83. The van der Waals surface area contributed by atoms with Gasteiger partial charge in [0.25, 0.3) is 11.8 Å². The normalized spacial score (nSPS) is 14.2. The first-order valence-electron chi connectivity index (χ1n) is 16.9. The first-order chi connectivity index (χ1) is 22.6. The lowest BCUT2D eigenvalue weighted by molar-refractivity contribution is -0.154. The number of ether oxygens (including phenoxy) is 2. The summed E-state index contributed by atoms with van der Waals surface area (Å²) in [7, 11) is 0. The molecule has 1 aliphatic rings. The standard InChI is InChI=1S/C36H54N4O8/c1-8-20-47-21-12-13-26-22-28(16-15-27(26)23-48-35(46)36(5,6)7)38-33(44)25(4)37-34(45)32(24(2)3)39-29(41)14-10-9-11-19-40-30(42)17-18-31(40)43/h15-18,22,24-25,32H,8-14,19-21,23H2,1-7H3,(H,37,45)(H,38,44)(H,39,41)/t25-,32-/m0/s1. The quantitative estimate of drug-likeness (QED) is 0.106. The van der Waals surface area contributed by atoms with Crippen molar-refractivity contribution in [2.45, 2.75) is 112 Å². The summed E-state index contributed by atoms with van der Waals surface area (Å²) in [6.07, 6.45) is 6.77. The van der Waals surface area contributed by atoms with Gasteiger partial charge in [-0.25, -0.2) is 0 Å². The topological polar surface area (TPSA) is 160 Å². The van der Waals surface area contributed by atoms with E-state index in [4.69, 9.17) is 9.47 Å². The predicted octanol–water partition coefficient (Wildman–Crippen LogP) is 4.20. The number of imide groups is 1. The van der Waals surface area contributed by atoms with Crippen molar-refractivity contribution in [1.82, 2.24) is 15.5 Å². The Kier molecular flexibility index (Phi) is 16.5. The van der Waals surface area contributed by atoms with Gasteiger partial charge < -0.3 is 25.4 Å². The molecule has 0 saturated carbocycles. The van der Waals surface area contributed by atoms with Gasteiger partial charge in [0.2, 0.25) is 17.7 Å². The first-order valence-corrected chi connectivity index (χ1v) is 16.9. The maximum atomic E-state index is 13.1. The maximum absolute atomic E-state index is 13.1. The first kappa shape index (κ1) is 40.1. The van der Waals surface area contributed by atoms with E-state index in [9.17, 15) is 28.8 Å². The highest BCUT2D eigenvalue weighted by Gasteiger charge is 2.28. The van der Waals surface area contributed by atoms with Gasteiger partial charge in [0.05, 0.1) is 5.41 Å². The Morgan fingerprint density at radius 1 is 0.854 bits per heavy atom. The van der Waals surface area contributed by atoms with E-state index < -0.39 is 29.3 Å². The van der Waals surface area contributed by atoms with Crippen molar-refractivity contribution < 1.29 is 38.2 Å². The Morgan fingerprint density at radius 2 is 1.54 bits per heavy atom. The zero-order valence-corrected chi connectivity index (χ0v) is 29.6. The molecule has 0 spiro atoms. The average molecular weight is 671 g/mol. The molecule has 2 atom stereocenters. The lowest BCUT2D eigenvalue weighted by Gasteiger charge is -2.24. The van der Waals surface area contributed by atoms with E-state index in [0.717, 1.165) is 24.0 Å². The van der Waals surface area contributed by atoms with Crippen LogP contribution in [0, 0.1) is 11.3 Å². The van der Waals surface area contributed by atoms with Gasteiger partial charge in [0.1, 0.15) is 18.7 Å². The second-order valence-corrected chi connectivity index (χ2v) is 13.5. The van der Waals surface area contributed by atoms with Gasteiger partial charge in [-0.2, -0.15) is 0 Å². The predicted molar refractivity (Wildman–Crippen MR) is 182 cm³/mol. The third-order valence-corrected chi connectivity index (χ3v) is 7.73. The zero-order chi connectivity index (χ0) is 35.9. The number of carbonyl (C=O) groups is 6. The Bertz CT molecular complexity index is 1300. The van der Waals surface area contributed by atoms with Crippen molar-refractivity contribution in [2.75, 3.05) is 25.1 Å². The van der Waals surface area contributed by atoms with Crippen LogP contribution < -0.4 is 16.0 Å². The van der Waals surface area contributed by atoms with E-state index in [1.165, 1.54) is 17.1 Å². The molecule has 1 aromatic carbocycles. The number of anilines is 1. The van der Waals surface area contributed by atoms with E-state index in [2.05, 4.69) is 16.0 Å². The van der Waals surface area contributed by atoms with Crippen LogP contribution in [0.5, 0.6) is 0 Å². The average Bonchev–Trinajstić information content (AvgIpc) is 3.34. The molecule has 0 aliphatic carbocycles. The highest BCUT2D eigenvalue weighted by atomic mass is 16.5.